The number of aromatic amines is 1. The number of ether oxygens (including phenoxy) is 1. The van der Waals surface area contributed by atoms with Crippen LogP contribution in [-0.2, 0) is 6.42 Å². The van der Waals surface area contributed by atoms with E-state index in [9.17, 15) is 9.90 Å². The maximum absolute atomic E-state index is 12.0. The van der Waals surface area contributed by atoms with Crippen LogP contribution in [0.1, 0.15) is 12.2 Å². The topological polar surface area (TPSA) is 75.2 Å². The first-order chi connectivity index (χ1) is 9.15. The number of hydrogen-bond acceptors (Lipinski definition) is 4. The molecule has 5 nitrogen and oxygen atoms in total. The Kier molecular flexibility index (Phi) is 4.55. The maximum Gasteiger partial charge on any atom is 0.258 e. The number of nitrogens with one attached hydrogen (secondary N) is 1. The molecule has 2 aromatic rings. The van der Waals surface area contributed by atoms with Crippen LogP contribution in [0.3, 0.4) is 0 Å². The van der Waals surface area contributed by atoms with E-state index in [2.05, 4.69) is 25.9 Å². The summed E-state index contributed by atoms with van der Waals surface area (Å²) in [6, 6.07) is 5.24. The molecule has 6 heteroatoms. The number of hydrogen-bond donors (Lipinski definition) is 2. The van der Waals surface area contributed by atoms with Gasteiger partial charge in [0.15, 0.2) is 0 Å². The number of aryl methyl sites for hydroxylation is 1. The third kappa shape index (κ3) is 3.13. The van der Waals surface area contributed by atoms with Gasteiger partial charge in [-0.1, -0.05) is 22.0 Å². The molecular formula is C13H15BrN2O3. The Labute approximate surface area is 118 Å². The van der Waals surface area contributed by atoms with Gasteiger partial charge in [-0.2, -0.15) is 0 Å². The Morgan fingerprint density at radius 2 is 2.32 bits per heavy atom. The molecule has 0 aliphatic rings. The summed E-state index contributed by atoms with van der Waals surface area (Å²) in [4.78, 5) is 19.1. The number of H-pyrrole nitrogens is 1. The molecule has 2 N–H and O–H groups in total. The van der Waals surface area contributed by atoms with Crippen LogP contribution in [0, 0.1) is 0 Å². The van der Waals surface area contributed by atoms with E-state index < -0.39 is 6.10 Å². The summed E-state index contributed by atoms with van der Waals surface area (Å²) in [6.45, 7) is 0. The first kappa shape index (κ1) is 14.0. The molecule has 0 amide bonds. The van der Waals surface area contributed by atoms with Crippen molar-refractivity contribution >= 4 is 26.8 Å². The largest absolute Gasteiger partial charge is 0.494 e. The van der Waals surface area contributed by atoms with Gasteiger partial charge in [-0.05, 0) is 18.6 Å². The van der Waals surface area contributed by atoms with Crippen LogP contribution in [0.25, 0.3) is 10.9 Å². The number of nitrogens with zero attached hydrogens (tertiary/aromatic N) is 1. The Morgan fingerprint density at radius 1 is 1.53 bits per heavy atom. The summed E-state index contributed by atoms with van der Waals surface area (Å²) in [7, 11) is 1.55. The van der Waals surface area contributed by atoms with Gasteiger partial charge in [0, 0.05) is 11.8 Å². The molecule has 1 unspecified atom stereocenters. The molecule has 1 atom stereocenters. The monoisotopic (exact) mass is 326 g/mol. The van der Waals surface area contributed by atoms with E-state index in [1.807, 2.05) is 0 Å². The van der Waals surface area contributed by atoms with Gasteiger partial charge in [0.25, 0.3) is 5.56 Å². The van der Waals surface area contributed by atoms with Crippen LogP contribution in [0.15, 0.2) is 23.0 Å². The molecule has 102 valence electrons. The minimum atomic E-state index is -0.446. The minimum absolute atomic E-state index is 0.188. The Balaban J connectivity index is 2.39. The zero-order valence-corrected chi connectivity index (χ0v) is 12.1. The first-order valence-corrected chi connectivity index (χ1v) is 7.07. The van der Waals surface area contributed by atoms with Gasteiger partial charge in [-0.25, -0.2) is 4.98 Å². The SMILES string of the molecule is COc1cccc2c(=O)[nH]c(CCC(O)CBr)nc12. The summed E-state index contributed by atoms with van der Waals surface area (Å²) in [5.41, 5.74) is 0.365. The number of rotatable bonds is 5. The highest BCUT2D eigenvalue weighted by atomic mass is 79.9. The molecule has 0 spiro atoms. The van der Waals surface area contributed by atoms with Gasteiger partial charge in [0.1, 0.15) is 17.1 Å². The molecule has 0 radical (unpaired) electrons. The average molecular weight is 327 g/mol. The van der Waals surface area contributed by atoms with E-state index >= 15 is 0 Å². The highest BCUT2D eigenvalue weighted by Crippen LogP contribution is 2.20. The molecule has 0 aliphatic heterocycles. The van der Waals surface area contributed by atoms with Crippen molar-refractivity contribution in [2.24, 2.45) is 0 Å². The second kappa shape index (κ2) is 6.16. The van der Waals surface area contributed by atoms with Crippen LogP contribution in [-0.4, -0.2) is 33.6 Å². The lowest BCUT2D eigenvalue weighted by atomic mass is 10.2. The fraction of sp³-hybridized carbons (Fsp3) is 0.385. The van der Waals surface area contributed by atoms with Crippen LogP contribution in [0.2, 0.25) is 0 Å². The first-order valence-electron chi connectivity index (χ1n) is 5.95. The van der Waals surface area contributed by atoms with Gasteiger partial charge in [0.05, 0.1) is 18.6 Å². The molecule has 0 bridgehead atoms. The second-order valence-electron chi connectivity index (χ2n) is 4.22. The molecule has 1 aromatic heterocycles. The zero-order chi connectivity index (χ0) is 13.8. The number of aliphatic hydroxyl groups excluding tert-OH is 1. The molecule has 0 saturated heterocycles. The predicted octanol–water partition coefficient (Wildman–Crippen LogP) is 1.62. The lowest BCUT2D eigenvalue weighted by Crippen LogP contribution is -2.15. The van der Waals surface area contributed by atoms with E-state index in [0.717, 1.165) is 0 Å². The Bertz CT molecular complexity index is 627. The Hall–Kier alpha value is -1.40. The average Bonchev–Trinajstić information content (AvgIpc) is 2.44. The Morgan fingerprint density at radius 3 is 3.00 bits per heavy atom. The van der Waals surface area contributed by atoms with Crippen LogP contribution >= 0.6 is 15.9 Å². The number of methoxy groups -OCH3 is 1. The van der Waals surface area contributed by atoms with E-state index in [1.165, 1.54) is 0 Å². The highest BCUT2D eigenvalue weighted by molar-refractivity contribution is 9.09. The summed E-state index contributed by atoms with van der Waals surface area (Å²) >= 11 is 3.20. The zero-order valence-electron chi connectivity index (χ0n) is 10.5. The summed E-state index contributed by atoms with van der Waals surface area (Å²) in [5, 5.41) is 10.5. The second-order valence-corrected chi connectivity index (χ2v) is 4.86. The summed E-state index contributed by atoms with van der Waals surface area (Å²) in [5.74, 6) is 1.13. The fourth-order valence-corrected chi connectivity index (χ4v) is 2.17. The molecule has 2 rings (SSSR count). The quantitative estimate of drug-likeness (QED) is 0.819. The summed E-state index contributed by atoms with van der Waals surface area (Å²) < 4.78 is 5.21. The van der Waals surface area contributed by atoms with E-state index in [-0.39, 0.29) is 5.56 Å². The minimum Gasteiger partial charge on any atom is -0.494 e. The van der Waals surface area contributed by atoms with Gasteiger partial charge < -0.3 is 14.8 Å². The van der Waals surface area contributed by atoms with Crippen molar-refractivity contribution in [2.75, 3.05) is 12.4 Å². The number of benzene rings is 1. The molecular weight excluding hydrogens is 312 g/mol. The van der Waals surface area contributed by atoms with E-state index in [1.54, 1.807) is 25.3 Å². The summed E-state index contributed by atoms with van der Waals surface area (Å²) in [6.07, 6.45) is 0.601. The number of fused-ring (bicyclic) bond motifs is 1. The number of para-hydroxylation sites is 1. The van der Waals surface area contributed by atoms with E-state index in [0.29, 0.717) is 40.6 Å². The van der Waals surface area contributed by atoms with Crippen molar-refractivity contribution in [3.8, 4) is 5.75 Å². The molecule has 0 fully saturated rings. The number of alkyl halides is 1. The fourth-order valence-electron chi connectivity index (χ4n) is 1.85. The lowest BCUT2D eigenvalue weighted by molar-refractivity contribution is 0.190. The molecule has 0 saturated carbocycles. The van der Waals surface area contributed by atoms with Gasteiger partial charge in [-0.3, -0.25) is 4.79 Å². The predicted molar refractivity (Wildman–Crippen MR) is 77.0 cm³/mol. The molecule has 19 heavy (non-hydrogen) atoms. The number of aromatic nitrogens is 2. The van der Waals surface area contributed by atoms with Crippen LogP contribution < -0.4 is 10.3 Å². The smallest absolute Gasteiger partial charge is 0.258 e. The van der Waals surface area contributed by atoms with Gasteiger partial charge >= 0.3 is 0 Å². The highest BCUT2D eigenvalue weighted by Gasteiger charge is 2.09. The molecule has 1 heterocycles. The lowest BCUT2D eigenvalue weighted by Gasteiger charge is -2.08. The van der Waals surface area contributed by atoms with Crippen molar-refractivity contribution in [1.82, 2.24) is 9.97 Å². The normalized spacial score (nSPS) is 12.6. The van der Waals surface area contributed by atoms with Crippen LogP contribution in [0.5, 0.6) is 5.75 Å². The van der Waals surface area contributed by atoms with E-state index in [4.69, 9.17) is 4.74 Å². The number of halogens is 1. The van der Waals surface area contributed by atoms with Crippen molar-refractivity contribution < 1.29 is 9.84 Å². The van der Waals surface area contributed by atoms with Crippen LogP contribution in [0.4, 0.5) is 0 Å². The van der Waals surface area contributed by atoms with Gasteiger partial charge in [0.2, 0.25) is 0 Å². The van der Waals surface area contributed by atoms with Crippen molar-refractivity contribution in [3.63, 3.8) is 0 Å². The molecule has 1 aromatic carbocycles. The third-order valence-corrected chi connectivity index (χ3v) is 3.61. The van der Waals surface area contributed by atoms with Crippen molar-refractivity contribution in [3.05, 3.63) is 34.4 Å². The number of aliphatic hydroxyl groups is 1. The standard InChI is InChI=1S/C13H15BrN2O3/c1-19-10-4-2-3-9-12(10)15-11(16-13(9)18)6-5-8(17)7-14/h2-4,8,17H,5-7H2,1H3,(H,15,16,18). The molecule has 0 aliphatic carbocycles. The third-order valence-electron chi connectivity index (χ3n) is 2.86. The maximum atomic E-state index is 12.0. The van der Waals surface area contributed by atoms with Crippen molar-refractivity contribution in [1.29, 1.82) is 0 Å². The van der Waals surface area contributed by atoms with Gasteiger partial charge in [-0.15, -0.1) is 0 Å². The van der Waals surface area contributed by atoms with Crippen molar-refractivity contribution in [2.45, 2.75) is 18.9 Å².